The van der Waals surface area contributed by atoms with Gasteiger partial charge in [0, 0.05) is 26.2 Å². The molecule has 1 aliphatic heterocycles. The molecule has 5 nitrogen and oxygen atoms in total. The van der Waals surface area contributed by atoms with Crippen molar-refractivity contribution in [3.63, 3.8) is 0 Å². The number of rotatable bonds is 10. The molecule has 2 aromatic rings. The number of hydrogen-bond acceptors (Lipinski definition) is 5. The first kappa shape index (κ1) is 20.6. The summed E-state index contributed by atoms with van der Waals surface area (Å²) in [4.78, 5) is 2.27. The first-order valence-electron chi connectivity index (χ1n) is 9.97. The van der Waals surface area contributed by atoms with Gasteiger partial charge in [-0.3, -0.25) is 4.90 Å². The third kappa shape index (κ3) is 6.51. The second kappa shape index (κ2) is 10.5. The number of ether oxygens (including phenoxy) is 3. The molecule has 5 heteroatoms. The van der Waals surface area contributed by atoms with E-state index in [1.54, 1.807) is 7.11 Å². The fourth-order valence-corrected chi connectivity index (χ4v) is 3.45. The van der Waals surface area contributed by atoms with Crippen LogP contribution in [0.25, 0.3) is 0 Å². The van der Waals surface area contributed by atoms with Crippen molar-refractivity contribution in [2.24, 2.45) is 0 Å². The Labute approximate surface area is 167 Å². The van der Waals surface area contributed by atoms with Crippen LogP contribution in [0.1, 0.15) is 24.0 Å². The second-order valence-electron chi connectivity index (χ2n) is 7.46. The van der Waals surface area contributed by atoms with Gasteiger partial charge in [-0.15, -0.1) is 0 Å². The summed E-state index contributed by atoms with van der Waals surface area (Å²) in [5.74, 6) is 1.51. The Morgan fingerprint density at radius 2 is 1.82 bits per heavy atom. The lowest BCUT2D eigenvalue weighted by Gasteiger charge is -2.27. The Bertz CT molecular complexity index is 696. The van der Waals surface area contributed by atoms with Gasteiger partial charge in [-0.2, -0.15) is 0 Å². The Morgan fingerprint density at radius 3 is 2.46 bits per heavy atom. The van der Waals surface area contributed by atoms with E-state index < -0.39 is 6.10 Å². The normalized spacial score (nSPS) is 17.6. The third-order valence-electron chi connectivity index (χ3n) is 4.98. The lowest BCUT2D eigenvalue weighted by molar-refractivity contribution is 0.0313. The zero-order valence-corrected chi connectivity index (χ0v) is 16.8. The van der Waals surface area contributed by atoms with Gasteiger partial charge in [0.2, 0.25) is 0 Å². The lowest BCUT2D eigenvalue weighted by atomic mass is 10.1. The Balaban J connectivity index is 1.54. The first-order valence-corrected chi connectivity index (χ1v) is 9.97. The standard InChI is InChI=1S/C23H31NO4/c1-18-5-7-19(8-6-18)14-24(16-23-4-3-13-27-23)15-20(25)17-28-22-11-9-21(26-2)10-12-22/h5-12,20,23,25H,3-4,13-17H2,1-2H3. The van der Waals surface area contributed by atoms with E-state index in [0.717, 1.165) is 44.0 Å². The highest BCUT2D eigenvalue weighted by Crippen LogP contribution is 2.18. The SMILES string of the molecule is COc1ccc(OCC(O)CN(Cc2ccc(C)cc2)CC2CCCO2)cc1. The molecule has 1 aliphatic rings. The van der Waals surface area contributed by atoms with Crippen molar-refractivity contribution in [2.75, 3.05) is 33.4 Å². The van der Waals surface area contributed by atoms with Crippen LogP contribution in [0.4, 0.5) is 0 Å². The van der Waals surface area contributed by atoms with Crippen molar-refractivity contribution in [3.05, 3.63) is 59.7 Å². The van der Waals surface area contributed by atoms with E-state index in [2.05, 4.69) is 36.1 Å². The molecular formula is C23H31NO4. The average Bonchev–Trinajstić information content (AvgIpc) is 3.21. The smallest absolute Gasteiger partial charge is 0.119 e. The molecule has 0 aromatic heterocycles. The van der Waals surface area contributed by atoms with Crippen LogP contribution in [-0.2, 0) is 11.3 Å². The van der Waals surface area contributed by atoms with Crippen LogP contribution < -0.4 is 9.47 Å². The molecule has 152 valence electrons. The Hall–Kier alpha value is -2.08. The summed E-state index contributed by atoms with van der Waals surface area (Å²) in [5, 5.41) is 10.5. The van der Waals surface area contributed by atoms with Crippen molar-refractivity contribution in [2.45, 2.75) is 38.5 Å². The number of aliphatic hydroxyl groups excluding tert-OH is 1. The van der Waals surface area contributed by atoms with Crippen LogP contribution in [-0.4, -0.2) is 55.6 Å². The van der Waals surface area contributed by atoms with Crippen LogP contribution in [0.2, 0.25) is 0 Å². The van der Waals surface area contributed by atoms with Crippen molar-refractivity contribution in [1.29, 1.82) is 0 Å². The first-order chi connectivity index (χ1) is 13.6. The van der Waals surface area contributed by atoms with Crippen LogP contribution in [0.15, 0.2) is 48.5 Å². The van der Waals surface area contributed by atoms with E-state index in [0.29, 0.717) is 6.54 Å². The second-order valence-corrected chi connectivity index (χ2v) is 7.46. The maximum atomic E-state index is 10.5. The molecule has 3 rings (SSSR count). The molecule has 2 aromatic carbocycles. The van der Waals surface area contributed by atoms with Gasteiger partial charge >= 0.3 is 0 Å². The summed E-state index contributed by atoms with van der Waals surface area (Å²) in [7, 11) is 1.64. The van der Waals surface area contributed by atoms with E-state index in [9.17, 15) is 5.11 Å². The topological polar surface area (TPSA) is 51.2 Å². The number of aliphatic hydroxyl groups is 1. The summed E-state index contributed by atoms with van der Waals surface area (Å²) in [5.41, 5.74) is 2.49. The van der Waals surface area contributed by atoms with Crippen LogP contribution in [0.3, 0.4) is 0 Å². The number of hydrogen-bond donors (Lipinski definition) is 1. The minimum absolute atomic E-state index is 0.250. The Morgan fingerprint density at radius 1 is 1.11 bits per heavy atom. The molecule has 0 amide bonds. The zero-order valence-electron chi connectivity index (χ0n) is 16.8. The molecule has 28 heavy (non-hydrogen) atoms. The minimum atomic E-state index is -0.575. The third-order valence-corrected chi connectivity index (χ3v) is 4.98. The van der Waals surface area contributed by atoms with E-state index >= 15 is 0 Å². The molecule has 0 radical (unpaired) electrons. The van der Waals surface area contributed by atoms with Crippen LogP contribution in [0, 0.1) is 6.92 Å². The van der Waals surface area contributed by atoms with Crippen molar-refractivity contribution in [1.82, 2.24) is 4.90 Å². The molecule has 0 spiro atoms. The lowest BCUT2D eigenvalue weighted by Crippen LogP contribution is -2.39. The molecule has 0 aliphatic carbocycles. The van der Waals surface area contributed by atoms with E-state index in [1.165, 1.54) is 11.1 Å². The highest BCUT2D eigenvalue weighted by atomic mass is 16.5. The molecule has 0 saturated carbocycles. The highest BCUT2D eigenvalue weighted by molar-refractivity contribution is 5.31. The number of nitrogens with zero attached hydrogens (tertiary/aromatic N) is 1. The van der Waals surface area contributed by atoms with E-state index in [4.69, 9.17) is 14.2 Å². The van der Waals surface area contributed by atoms with E-state index in [1.807, 2.05) is 24.3 Å². The molecule has 1 heterocycles. The van der Waals surface area contributed by atoms with Crippen molar-refractivity contribution < 1.29 is 19.3 Å². The summed E-state index contributed by atoms with van der Waals surface area (Å²) in [6, 6.07) is 16.0. The van der Waals surface area contributed by atoms with Gasteiger partial charge < -0.3 is 19.3 Å². The minimum Gasteiger partial charge on any atom is -0.497 e. The summed E-state index contributed by atoms with van der Waals surface area (Å²) < 4.78 is 16.7. The van der Waals surface area contributed by atoms with Crippen LogP contribution in [0.5, 0.6) is 11.5 Å². The van der Waals surface area contributed by atoms with Gasteiger partial charge in [-0.25, -0.2) is 0 Å². The summed E-state index contributed by atoms with van der Waals surface area (Å²) in [6.45, 7) is 5.35. The molecule has 2 unspecified atom stereocenters. The fraction of sp³-hybridized carbons (Fsp3) is 0.478. The Kier molecular flexibility index (Phi) is 7.71. The largest absolute Gasteiger partial charge is 0.497 e. The van der Waals surface area contributed by atoms with Crippen LogP contribution >= 0.6 is 0 Å². The van der Waals surface area contributed by atoms with E-state index in [-0.39, 0.29) is 12.7 Å². The average molecular weight is 386 g/mol. The number of aryl methyl sites for hydroxylation is 1. The van der Waals surface area contributed by atoms with Gasteiger partial charge in [0.15, 0.2) is 0 Å². The van der Waals surface area contributed by atoms with Crippen molar-refractivity contribution >= 4 is 0 Å². The van der Waals surface area contributed by atoms with Gasteiger partial charge in [0.1, 0.15) is 24.2 Å². The summed E-state index contributed by atoms with van der Waals surface area (Å²) >= 11 is 0. The monoisotopic (exact) mass is 385 g/mol. The molecule has 1 N–H and O–H groups in total. The highest BCUT2D eigenvalue weighted by Gasteiger charge is 2.21. The maximum Gasteiger partial charge on any atom is 0.119 e. The molecular weight excluding hydrogens is 354 g/mol. The summed E-state index contributed by atoms with van der Waals surface area (Å²) in [6.07, 6.45) is 1.88. The zero-order chi connectivity index (χ0) is 19.8. The van der Waals surface area contributed by atoms with Gasteiger partial charge in [-0.1, -0.05) is 29.8 Å². The number of methoxy groups -OCH3 is 1. The quantitative estimate of drug-likeness (QED) is 0.679. The van der Waals surface area contributed by atoms with Gasteiger partial charge in [0.25, 0.3) is 0 Å². The molecule has 0 bridgehead atoms. The van der Waals surface area contributed by atoms with Gasteiger partial charge in [-0.05, 0) is 49.6 Å². The predicted octanol–water partition coefficient (Wildman–Crippen LogP) is 3.42. The maximum absolute atomic E-state index is 10.5. The predicted molar refractivity (Wildman–Crippen MR) is 110 cm³/mol. The molecule has 2 atom stereocenters. The van der Waals surface area contributed by atoms with Crippen molar-refractivity contribution in [3.8, 4) is 11.5 Å². The molecule has 1 fully saturated rings. The van der Waals surface area contributed by atoms with Gasteiger partial charge in [0.05, 0.1) is 13.2 Å². The fourth-order valence-electron chi connectivity index (χ4n) is 3.45. The molecule has 1 saturated heterocycles. The number of benzene rings is 2.